The first-order valence-electron chi connectivity index (χ1n) is 8.06. The third-order valence-electron chi connectivity index (χ3n) is 4.11. The minimum Gasteiger partial charge on any atom is -0.392 e. The monoisotopic (exact) mass is 310 g/mol. The summed E-state index contributed by atoms with van der Waals surface area (Å²) in [6.07, 6.45) is 1.68. The van der Waals surface area contributed by atoms with Crippen molar-refractivity contribution in [2.45, 2.75) is 25.5 Å². The summed E-state index contributed by atoms with van der Waals surface area (Å²) in [5, 5.41) is 12.7. The molecule has 0 aliphatic carbocycles. The zero-order valence-corrected chi connectivity index (χ0v) is 13.1. The van der Waals surface area contributed by atoms with Crippen molar-refractivity contribution in [1.29, 1.82) is 0 Å². The minimum absolute atomic E-state index is 0.100. The van der Waals surface area contributed by atoms with Gasteiger partial charge in [-0.15, -0.1) is 0 Å². The molecule has 0 bridgehead atoms. The zero-order chi connectivity index (χ0) is 16.1. The Hall–Kier alpha value is -2.17. The van der Waals surface area contributed by atoms with Gasteiger partial charge in [0.1, 0.15) is 0 Å². The number of para-hydroxylation sites is 1. The number of aliphatic hydroxyl groups excluding tert-OH is 1. The summed E-state index contributed by atoms with van der Waals surface area (Å²) in [5.74, 6) is -0.100. The van der Waals surface area contributed by atoms with Crippen LogP contribution in [-0.2, 0) is 6.54 Å². The van der Waals surface area contributed by atoms with Gasteiger partial charge in [0.25, 0.3) is 5.91 Å². The number of nitrogens with zero attached hydrogens (tertiary/aromatic N) is 1. The average Bonchev–Trinajstić information content (AvgIpc) is 2.56. The van der Waals surface area contributed by atoms with E-state index in [1.54, 1.807) is 0 Å². The molecule has 0 unspecified atom stereocenters. The predicted octanol–water partition coefficient (Wildman–Crippen LogP) is 2.90. The van der Waals surface area contributed by atoms with Crippen molar-refractivity contribution in [3.05, 3.63) is 65.7 Å². The molecule has 1 aliphatic heterocycles. The molecule has 0 saturated carbocycles. The number of hydrogen-bond acceptors (Lipinski definition) is 3. The number of amides is 1. The smallest absolute Gasteiger partial charge is 0.255 e. The fourth-order valence-electron chi connectivity index (χ4n) is 2.97. The van der Waals surface area contributed by atoms with E-state index in [-0.39, 0.29) is 12.0 Å². The Labute approximate surface area is 136 Å². The van der Waals surface area contributed by atoms with Crippen LogP contribution in [0.5, 0.6) is 0 Å². The van der Waals surface area contributed by atoms with E-state index in [0.29, 0.717) is 12.1 Å². The van der Waals surface area contributed by atoms with E-state index in [2.05, 4.69) is 10.2 Å². The number of hydrogen-bond donors (Lipinski definition) is 2. The highest BCUT2D eigenvalue weighted by atomic mass is 16.3. The number of benzene rings is 2. The second-order valence-electron chi connectivity index (χ2n) is 6.05. The van der Waals surface area contributed by atoms with Gasteiger partial charge in [0.05, 0.1) is 6.10 Å². The number of carbonyl (C=O) groups is 1. The minimum atomic E-state index is -0.228. The van der Waals surface area contributed by atoms with Crippen LogP contribution in [0.25, 0.3) is 0 Å². The van der Waals surface area contributed by atoms with Crippen LogP contribution < -0.4 is 5.32 Å². The Morgan fingerprint density at radius 1 is 1.17 bits per heavy atom. The highest BCUT2D eigenvalue weighted by Crippen LogP contribution is 2.15. The highest BCUT2D eigenvalue weighted by Gasteiger charge is 2.18. The van der Waals surface area contributed by atoms with Gasteiger partial charge in [0, 0.05) is 24.3 Å². The van der Waals surface area contributed by atoms with Crippen molar-refractivity contribution in [3.63, 3.8) is 0 Å². The van der Waals surface area contributed by atoms with E-state index in [1.165, 1.54) is 0 Å². The number of rotatable bonds is 4. The Morgan fingerprint density at radius 2 is 2.00 bits per heavy atom. The Morgan fingerprint density at radius 3 is 2.78 bits per heavy atom. The van der Waals surface area contributed by atoms with Gasteiger partial charge in [-0.05, 0) is 49.2 Å². The first-order chi connectivity index (χ1) is 11.2. The van der Waals surface area contributed by atoms with Crippen molar-refractivity contribution in [1.82, 2.24) is 4.90 Å². The van der Waals surface area contributed by atoms with Crippen LogP contribution in [0, 0.1) is 0 Å². The lowest BCUT2D eigenvalue weighted by molar-refractivity contribution is 0.0668. The summed E-state index contributed by atoms with van der Waals surface area (Å²) < 4.78 is 0. The highest BCUT2D eigenvalue weighted by molar-refractivity contribution is 6.04. The van der Waals surface area contributed by atoms with Gasteiger partial charge in [-0.1, -0.05) is 30.3 Å². The number of carbonyl (C=O) groups excluding carboxylic acids is 1. The molecular weight excluding hydrogens is 288 g/mol. The van der Waals surface area contributed by atoms with Crippen LogP contribution in [0.1, 0.15) is 28.8 Å². The second kappa shape index (κ2) is 7.40. The van der Waals surface area contributed by atoms with Crippen molar-refractivity contribution < 1.29 is 9.90 Å². The van der Waals surface area contributed by atoms with Crippen LogP contribution >= 0.6 is 0 Å². The number of anilines is 1. The molecule has 4 heteroatoms. The molecule has 3 rings (SSSR count). The van der Waals surface area contributed by atoms with Crippen molar-refractivity contribution in [2.24, 2.45) is 0 Å². The first-order valence-corrected chi connectivity index (χ1v) is 8.06. The van der Waals surface area contributed by atoms with Crippen LogP contribution in [0.2, 0.25) is 0 Å². The fraction of sp³-hybridized carbons (Fsp3) is 0.316. The lowest BCUT2D eigenvalue weighted by Crippen LogP contribution is -2.37. The first kappa shape index (κ1) is 15.7. The Balaban J connectivity index is 1.66. The quantitative estimate of drug-likeness (QED) is 0.913. The van der Waals surface area contributed by atoms with E-state index in [9.17, 15) is 9.90 Å². The van der Waals surface area contributed by atoms with Crippen LogP contribution in [0.4, 0.5) is 5.69 Å². The summed E-state index contributed by atoms with van der Waals surface area (Å²) in [4.78, 5) is 14.6. The van der Waals surface area contributed by atoms with E-state index in [1.807, 2.05) is 54.6 Å². The molecule has 1 heterocycles. The molecule has 1 amide bonds. The molecule has 2 aromatic carbocycles. The number of likely N-dealkylation sites (tertiary alicyclic amines) is 1. The van der Waals surface area contributed by atoms with Crippen molar-refractivity contribution in [3.8, 4) is 0 Å². The van der Waals surface area contributed by atoms with Gasteiger partial charge in [-0.25, -0.2) is 0 Å². The third kappa shape index (κ3) is 4.41. The van der Waals surface area contributed by atoms with E-state index >= 15 is 0 Å². The molecule has 120 valence electrons. The molecule has 2 N–H and O–H groups in total. The van der Waals surface area contributed by atoms with Crippen molar-refractivity contribution >= 4 is 11.6 Å². The molecule has 23 heavy (non-hydrogen) atoms. The number of aliphatic hydroxyl groups is 1. The van der Waals surface area contributed by atoms with E-state index in [0.717, 1.165) is 37.2 Å². The zero-order valence-electron chi connectivity index (χ0n) is 13.1. The Kier molecular flexibility index (Phi) is 5.05. The lowest BCUT2D eigenvalue weighted by Gasteiger charge is -2.30. The maximum absolute atomic E-state index is 12.3. The van der Waals surface area contributed by atoms with Crippen LogP contribution in [-0.4, -0.2) is 35.1 Å². The molecule has 1 atom stereocenters. The molecule has 0 radical (unpaired) electrons. The van der Waals surface area contributed by atoms with Crippen molar-refractivity contribution in [2.75, 3.05) is 18.4 Å². The van der Waals surface area contributed by atoms with Crippen LogP contribution in [0.15, 0.2) is 54.6 Å². The topological polar surface area (TPSA) is 52.6 Å². The molecule has 2 aromatic rings. The molecule has 1 aliphatic rings. The maximum atomic E-state index is 12.3. The molecule has 4 nitrogen and oxygen atoms in total. The number of piperidine rings is 1. The predicted molar refractivity (Wildman–Crippen MR) is 91.4 cm³/mol. The lowest BCUT2D eigenvalue weighted by atomic mass is 10.1. The van der Waals surface area contributed by atoms with Gasteiger partial charge in [-0.2, -0.15) is 0 Å². The number of β-amino-alcohol motifs (C(OH)–C–C–N with tert-alkyl or cyclic N) is 1. The SMILES string of the molecule is O=C(Nc1ccccc1)c1cccc(CN2CCC[C@H](O)C2)c1. The molecular formula is C19H22N2O2. The largest absolute Gasteiger partial charge is 0.392 e. The molecule has 0 spiro atoms. The van der Waals surface area contributed by atoms with Gasteiger partial charge in [0.2, 0.25) is 0 Å². The fourth-order valence-corrected chi connectivity index (χ4v) is 2.97. The van der Waals surface area contributed by atoms with E-state index < -0.39 is 0 Å². The second-order valence-corrected chi connectivity index (χ2v) is 6.05. The molecule has 1 fully saturated rings. The average molecular weight is 310 g/mol. The summed E-state index contributed by atoms with van der Waals surface area (Å²) >= 11 is 0. The summed E-state index contributed by atoms with van der Waals surface area (Å²) in [7, 11) is 0. The summed E-state index contributed by atoms with van der Waals surface area (Å²) in [6, 6.07) is 17.2. The van der Waals surface area contributed by atoms with Gasteiger partial charge < -0.3 is 10.4 Å². The molecule has 0 aromatic heterocycles. The van der Waals surface area contributed by atoms with Gasteiger partial charge in [0.15, 0.2) is 0 Å². The van der Waals surface area contributed by atoms with Gasteiger partial charge >= 0.3 is 0 Å². The Bertz CT molecular complexity index is 657. The molecule has 1 saturated heterocycles. The van der Waals surface area contributed by atoms with E-state index in [4.69, 9.17) is 0 Å². The van der Waals surface area contributed by atoms with Gasteiger partial charge in [-0.3, -0.25) is 9.69 Å². The van der Waals surface area contributed by atoms with Crippen LogP contribution in [0.3, 0.4) is 0 Å². The standard InChI is InChI=1S/C19H22N2O2/c22-18-10-5-11-21(14-18)13-15-6-4-7-16(12-15)19(23)20-17-8-2-1-3-9-17/h1-4,6-9,12,18,22H,5,10-11,13-14H2,(H,20,23)/t18-/m0/s1. The normalized spacial score (nSPS) is 18.6. The number of nitrogens with one attached hydrogen (secondary N) is 1. The maximum Gasteiger partial charge on any atom is 0.255 e. The summed E-state index contributed by atoms with van der Waals surface area (Å²) in [5.41, 5.74) is 2.55. The third-order valence-corrected chi connectivity index (χ3v) is 4.11. The summed E-state index contributed by atoms with van der Waals surface area (Å²) in [6.45, 7) is 2.47.